The number of hydrogen-bond acceptors (Lipinski definition) is 7. The van der Waals surface area contributed by atoms with E-state index in [2.05, 4.69) is 4.98 Å². The van der Waals surface area contributed by atoms with Gasteiger partial charge in [-0.15, -0.1) is 0 Å². The summed E-state index contributed by atoms with van der Waals surface area (Å²) in [5.74, 6) is 0.368. The highest BCUT2D eigenvalue weighted by Gasteiger charge is 2.59. The van der Waals surface area contributed by atoms with Crippen molar-refractivity contribution in [3.63, 3.8) is 0 Å². The zero-order chi connectivity index (χ0) is 19.9. The highest BCUT2D eigenvalue weighted by molar-refractivity contribution is 6.30. The Morgan fingerprint density at radius 3 is 2.68 bits per heavy atom. The third kappa shape index (κ3) is 3.56. The molecule has 1 saturated carbocycles. The van der Waals surface area contributed by atoms with Crippen molar-refractivity contribution in [1.29, 1.82) is 0 Å². The van der Waals surface area contributed by atoms with Gasteiger partial charge in [-0.05, 0) is 30.7 Å². The van der Waals surface area contributed by atoms with Crippen molar-refractivity contribution in [2.45, 2.75) is 30.3 Å². The number of nitrogens with zero attached hydrogens (tertiary/aromatic N) is 2. The molecule has 7 nitrogen and oxygen atoms in total. The fourth-order valence-corrected chi connectivity index (χ4v) is 4.42. The van der Waals surface area contributed by atoms with Crippen LogP contribution in [-0.2, 0) is 0 Å². The molecule has 2 heterocycles. The summed E-state index contributed by atoms with van der Waals surface area (Å²) in [6.07, 6.45) is -1.88. The van der Waals surface area contributed by atoms with Crippen molar-refractivity contribution in [3.05, 3.63) is 53.3 Å². The molecule has 4 N–H and O–H groups in total. The van der Waals surface area contributed by atoms with Crippen molar-refractivity contribution >= 4 is 11.6 Å². The predicted octanol–water partition coefficient (Wildman–Crippen LogP) is 1.35. The van der Waals surface area contributed by atoms with Gasteiger partial charge in [-0.2, -0.15) is 0 Å². The molecule has 8 heteroatoms. The molecule has 150 valence electrons. The smallest absolute Gasteiger partial charge is 0.171 e. The van der Waals surface area contributed by atoms with E-state index in [9.17, 15) is 20.4 Å². The first kappa shape index (κ1) is 19.4. The summed E-state index contributed by atoms with van der Waals surface area (Å²) in [4.78, 5) is 5.89. The first-order valence-corrected chi connectivity index (χ1v) is 9.62. The van der Waals surface area contributed by atoms with Crippen molar-refractivity contribution in [2.75, 3.05) is 19.6 Å². The zero-order valence-corrected chi connectivity index (χ0v) is 15.9. The summed E-state index contributed by atoms with van der Waals surface area (Å²) in [5, 5.41) is 41.6. The molecule has 1 saturated heterocycles. The Hall–Kier alpha value is -1.90. The van der Waals surface area contributed by atoms with Gasteiger partial charge in [0.1, 0.15) is 29.7 Å². The maximum Gasteiger partial charge on any atom is 0.171 e. The summed E-state index contributed by atoms with van der Waals surface area (Å²) < 4.78 is 5.87. The van der Waals surface area contributed by atoms with E-state index in [0.29, 0.717) is 24.4 Å². The lowest BCUT2D eigenvalue weighted by atomic mass is 9.93. The molecule has 1 aliphatic carbocycles. The van der Waals surface area contributed by atoms with E-state index in [0.717, 1.165) is 0 Å². The monoisotopic (exact) mass is 406 g/mol. The zero-order valence-electron chi connectivity index (χ0n) is 15.1. The number of likely N-dealkylation sites (tertiary alicyclic amines) is 1. The molecule has 1 aromatic carbocycles. The molecule has 2 aliphatic rings. The van der Waals surface area contributed by atoms with E-state index in [4.69, 9.17) is 16.3 Å². The molecule has 0 amide bonds. The molecule has 1 aliphatic heterocycles. The molecule has 5 atom stereocenters. The van der Waals surface area contributed by atoms with E-state index >= 15 is 0 Å². The van der Waals surface area contributed by atoms with Crippen LogP contribution in [0, 0.1) is 5.92 Å². The second-order valence-corrected chi connectivity index (χ2v) is 7.95. The molecular weight excluding hydrogens is 384 g/mol. The topological polar surface area (TPSA) is 106 Å². The van der Waals surface area contributed by atoms with Crippen LogP contribution in [0.5, 0.6) is 11.5 Å². The first-order valence-electron chi connectivity index (χ1n) is 9.25. The Labute approximate surface area is 167 Å². The van der Waals surface area contributed by atoms with Crippen LogP contribution in [-0.4, -0.2) is 67.8 Å². The van der Waals surface area contributed by atoms with Crippen LogP contribution >= 0.6 is 11.6 Å². The number of benzene rings is 1. The summed E-state index contributed by atoms with van der Waals surface area (Å²) in [5.41, 5.74) is -0.933. The molecule has 0 radical (unpaired) electrons. The minimum atomic E-state index is -1.28. The SMILES string of the molecule is Oc1ccc([C@H](O)CN2C[C@@H]3C[C@@H](Oc4ccccc4)[C@@H](O)[C@]3(O)C2)nc1Cl. The second-order valence-electron chi connectivity index (χ2n) is 7.59. The van der Waals surface area contributed by atoms with Crippen LogP contribution in [0.2, 0.25) is 5.15 Å². The second kappa shape index (κ2) is 7.50. The predicted molar refractivity (Wildman–Crippen MR) is 102 cm³/mol. The van der Waals surface area contributed by atoms with Crippen molar-refractivity contribution in [3.8, 4) is 11.5 Å². The van der Waals surface area contributed by atoms with Crippen LogP contribution in [0.25, 0.3) is 0 Å². The maximum absolute atomic E-state index is 11.1. The normalized spacial score (nSPS) is 30.9. The summed E-state index contributed by atoms with van der Waals surface area (Å²) in [7, 11) is 0. The number of fused-ring (bicyclic) bond motifs is 1. The molecular formula is C20H23ClN2O5. The van der Waals surface area contributed by atoms with Gasteiger partial charge in [-0.25, -0.2) is 4.98 Å². The number of pyridine rings is 1. The number of para-hydroxylation sites is 1. The van der Waals surface area contributed by atoms with Crippen molar-refractivity contribution in [1.82, 2.24) is 9.88 Å². The van der Waals surface area contributed by atoms with Gasteiger partial charge in [-0.1, -0.05) is 29.8 Å². The lowest BCUT2D eigenvalue weighted by Gasteiger charge is -2.29. The number of halogens is 1. The number of β-amino-alcohol motifs (C(OH)–C–C–N with tert-alkyl or cyclic N) is 2. The number of aliphatic hydroxyl groups is 3. The number of rotatable bonds is 5. The maximum atomic E-state index is 11.1. The van der Waals surface area contributed by atoms with E-state index in [1.54, 1.807) is 0 Å². The van der Waals surface area contributed by atoms with Gasteiger partial charge in [0.25, 0.3) is 0 Å². The Balaban J connectivity index is 1.39. The minimum absolute atomic E-state index is 0.0650. The lowest BCUT2D eigenvalue weighted by Crippen LogP contribution is -2.49. The lowest BCUT2D eigenvalue weighted by molar-refractivity contribution is -0.0876. The quantitative estimate of drug-likeness (QED) is 0.555. The van der Waals surface area contributed by atoms with Crippen LogP contribution in [0.1, 0.15) is 18.2 Å². The van der Waals surface area contributed by atoms with Crippen LogP contribution in [0.3, 0.4) is 0 Å². The molecule has 0 unspecified atom stereocenters. The number of aromatic hydroxyl groups is 1. The largest absolute Gasteiger partial charge is 0.505 e. The van der Waals surface area contributed by atoms with Gasteiger partial charge in [-0.3, -0.25) is 4.90 Å². The fraction of sp³-hybridized carbons (Fsp3) is 0.450. The van der Waals surface area contributed by atoms with Gasteiger partial charge in [0, 0.05) is 25.6 Å². The van der Waals surface area contributed by atoms with Gasteiger partial charge in [0.05, 0.1) is 5.69 Å². The number of aliphatic hydroxyl groups excluding tert-OH is 2. The Kier molecular flexibility index (Phi) is 5.20. The molecule has 28 heavy (non-hydrogen) atoms. The molecule has 2 fully saturated rings. The molecule has 4 rings (SSSR count). The van der Waals surface area contributed by atoms with Gasteiger partial charge in [0.15, 0.2) is 10.9 Å². The number of hydrogen-bond donors (Lipinski definition) is 4. The Morgan fingerprint density at radius 1 is 1.25 bits per heavy atom. The van der Waals surface area contributed by atoms with Crippen molar-refractivity contribution in [2.24, 2.45) is 5.92 Å². The first-order chi connectivity index (χ1) is 13.4. The average molecular weight is 407 g/mol. The number of aromatic nitrogens is 1. The van der Waals surface area contributed by atoms with Crippen LogP contribution < -0.4 is 4.74 Å². The Morgan fingerprint density at radius 2 is 2.00 bits per heavy atom. The van der Waals surface area contributed by atoms with Crippen molar-refractivity contribution < 1.29 is 25.2 Å². The average Bonchev–Trinajstić information content (AvgIpc) is 3.10. The summed E-state index contributed by atoms with van der Waals surface area (Å²) in [6.45, 7) is 1.01. The highest BCUT2D eigenvalue weighted by Crippen LogP contribution is 2.43. The minimum Gasteiger partial charge on any atom is -0.505 e. The molecule has 1 aromatic heterocycles. The Bertz CT molecular complexity index is 839. The summed E-state index contributed by atoms with van der Waals surface area (Å²) in [6, 6.07) is 12.1. The summed E-state index contributed by atoms with van der Waals surface area (Å²) >= 11 is 5.80. The van der Waals surface area contributed by atoms with E-state index < -0.39 is 23.9 Å². The standard InChI is InChI=1S/C20H23ClN2O5/c21-19-15(24)7-6-14(22-19)16(25)10-23-9-12-8-17(18(26)20(12,27)11-23)28-13-4-2-1-3-5-13/h1-7,12,16-18,24-27H,8-11H2/t12-,16+,17+,18+,20-/m0/s1. The van der Waals surface area contributed by atoms with Gasteiger partial charge in [0.2, 0.25) is 0 Å². The molecule has 0 bridgehead atoms. The third-order valence-electron chi connectivity index (χ3n) is 5.70. The van der Waals surface area contributed by atoms with Gasteiger partial charge >= 0.3 is 0 Å². The van der Waals surface area contributed by atoms with Gasteiger partial charge < -0.3 is 25.2 Å². The third-order valence-corrected chi connectivity index (χ3v) is 5.98. The van der Waals surface area contributed by atoms with E-state index in [1.807, 2.05) is 35.2 Å². The molecule has 2 aromatic rings. The number of ether oxygens (including phenoxy) is 1. The van der Waals surface area contributed by atoms with Crippen LogP contribution in [0.4, 0.5) is 0 Å². The van der Waals surface area contributed by atoms with Crippen LogP contribution in [0.15, 0.2) is 42.5 Å². The molecule has 0 spiro atoms. The van der Waals surface area contributed by atoms with E-state index in [-0.39, 0.29) is 29.9 Å². The fourth-order valence-electron chi connectivity index (χ4n) is 4.26. The van der Waals surface area contributed by atoms with E-state index in [1.165, 1.54) is 12.1 Å². The highest BCUT2D eigenvalue weighted by atomic mass is 35.5.